The van der Waals surface area contributed by atoms with Crippen molar-refractivity contribution >= 4 is 11.7 Å². The van der Waals surface area contributed by atoms with E-state index in [0.29, 0.717) is 0 Å². The standard InChI is InChI=1S/C10H14N2O3/c1-7-5-8(3-4-11-7)12-9(6-15-2)10(13)14/h3-5,9H,6H2,1-2H3,(H,11,12)(H,13,14). The average Bonchev–Trinajstić information content (AvgIpc) is 2.17. The number of ether oxygens (including phenoxy) is 1. The molecule has 5 nitrogen and oxygen atoms in total. The molecule has 1 rings (SSSR count). The predicted molar refractivity (Wildman–Crippen MR) is 55.9 cm³/mol. The lowest BCUT2D eigenvalue weighted by Gasteiger charge is -2.14. The van der Waals surface area contributed by atoms with Gasteiger partial charge in [-0.2, -0.15) is 0 Å². The third-order valence-electron chi connectivity index (χ3n) is 1.87. The summed E-state index contributed by atoms with van der Waals surface area (Å²) in [5.74, 6) is -0.939. The highest BCUT2D eigenvalue weighted by molar-refractivity contribution is 5.77. The first-order valence-corrected chi connectivity index (χ1v) is 4.54. The van der Waals surface area contributed by atoms with Crippen LogP contribution in [0.15, 0.2) is 18.3 Å². The molecular formula is C10H14N2O3. The lowest BCUT2D eigenvalue weighted by Crippen LogP contribution is -2.33. The number of aromatic nitrogens is 1. The maximum absolute atomic E-state index is 10.8. The molecule has 0 bridgehead atoms. The fraction of sp³-hybridized carbons (Fsp3) is 0.400. The summed E-state index contributed by atoms with van der Waals surface area (Å²) in [5.41, 5.74) is 1.56. The fourth-order valence-corrected chi connectivity index (χ4v) is 1.18. The molecule has 1 atom stereocenters. The zero-order chi connectivity index (χ0) is 11.3. The van der Waals surface area contributed by atoms with E-state index in [1.165, 1.54) is 7.11 Å². The van der Waals surface area contributed by atoms with Gasteiger partial charge in [-0.25, -0.2) is 4.79 Å². The van der Waals surface area contributed by atoms with Gasteiger partial charge in [-0.05, 0) is 19.1 Å². The van der Waals surface area contributed by atoms with Gasteiger partial charge >= 0.3 is 5.97 Å². The quantitative estimate of drug-likeness (QED) is 0.755. The van der Waals surface area contributed by atoms with E-state index in [1.807, 2.05) is 6.92 Å². The van der Waals surface area contributed by atoms with Crippen LogP contribution >= 0.6 is 0 Å². The number of carbonyl (C=O) groups is 1. The van der Waals surface area contributed by atoms with Crippen LogP contribution in [0.2, 0.25) is 0 Å². The van der Waals surface area contributed by atoms with Gasteiger partial charge in [0.2, 0.25) is 0 Å². The Morgan fingerprint density at radius 1 is 1.73 bits per heavy atom. The minimum absolute atomic E-state index is 0.122. The van der Waals surface area contributed by atoms with E-state index in [0.717, 1.165) is 11.4 Å². The summed E-state index contributed by atoms with van der Waals surface area (Å²) in [6.45, 7) is 1.97. The number of hydrogen-bond donors (Lipinski definition) is 2. The van der Waals surface area contributed by atoms with Crippen LogP contribution in [0.25, 0.3) is 0 Å². The molecule has 0 amide bonds. The number of rotatable bonds is 5. The first-order valence-electron chi connectivity index (χ1n) is 4.54. The minimum atomic E-state index is -0.939. The molecule has 0 aliphatic heterocycles. The zero-order valence-electron chi connectivity index (χ0n) is 8.73. The van der Waals surface area contributed by atoms with E-state index in [-0.39, 0.29) is 6.61 Å². The van der Waals surface area contributed by atoms with Crippen LogP contribution in [0.1, 0.15) is 5.69 Å². The Labute approximate surface area is 88.1 Å². The van der Waals surface area contributed by atoms with Gasteiger partial charge in [0.05, 0.1) is 6.61 Å². The maximum atomic E-state index is 10.8. The summed E-state index contributed by atoms with van der Waals surface area (Å²) < 4.78 is 4.81. The molecule has 0 aliphatic rings. The highest BCUT2D eigenvalue weighted by Gasteiger charge is 2.16. The molecule has 0 fully saturated rings. The summed E-state index contributed by atoms with van der Waals surface area (Å²) in [5, 5.41) is 11.7. The summed E-state index contributed by atoms with van der Waals surface area (Å²) in [7, 11) is 1.47. The molecular weight excluding hydrogens is 196 g/mol. The monoisotopic (exact) mass is 210 g/mol. The van der Waals surface area contributed by atoms with Crippen molar-refractivity contribution in [1.82, 2.24) is 4.98 Å². The van der Waals surface area contributed by atoms with E-state index < -0.39 is 12.0 Å². The van der Waals surface area contributed by atoms with Crippen LogP contribution in [0, 0.1) is 6.92 Å². The number of methoxy groups -OCH3 is 1. The van der Waals surface area contributed by atoms with Crippen LogP contribution in [0.5, 0.6) is 0 Å². The largest absolute Gasteiger partial charge is 0.480 e. The molecule has 82 valence electrons. The van der Waals surface area contributed by atoms with Crippen molar-refractivity contribution in [3.05, 3.63) is 24.0 Å². The second kappa shape index (κ2) is 5.31. The van der Waals surface area contributed by atoms with E-state index in [1.54, 1.807) is 18.3 Å². The van der Waals surface area contributed by atoms with Crippen LogP contribution in [-0.4, -0.2) is 35.8 Å². The predicted octanol–water partition coefficient (Wildman–Crippen LogP) is 0.902. The van der Waals surface area contributed by atoms with Gasteiger partial charge in [-0.15, -0.1) is 0 Å². The normalized spacial score (nSPS) is 12.1. The lowest BCUT2D eigenvalue weighted by molar-refractivity contribution is -0.139. The van der Waals surface area contributed by atoms with Gasteiger partial charge < -0.3 is 15.2 Å². The maximum Gasteiger partial charge on any atom is 0.328 e. The number of aryl methyl sites for hydroxylation is 1. The molecule has 0 aromatic carbocycles. The molecule has 0 spiro atoms. The fourth-order valence-electron chi connectivity index (χ4n) is 1.18. The topological polar surface area (TPSA) is 71.5 Å². The number of pyridine rings is 1. The van der Waals surface area contributed by atoms with E-state index >= 15 is 0 Å². The third-order valence-corrected chi connectivity index (χ3v) is 1.87. The van der Waals surface area contributed by atoms with Crippen molar-refractivity contribution in [3.63, 3.8) is 0 Å². The number of nitrogens with one attached hydrogen (secondary N) is 1. The number of nitrogens with zero attached hydrogens (tertiary/aromatic N) is 1. The Balaban J connectivity index is 2.69. The Morgan fingerprint density at radius 3 is 3.00 bits per heavy atom. The molecule has 0 saturated carbocycles. The molecule has 1 unspecified atom stereocenters. The second-order valence-corrected chi connectivity index (χ2v) is 3.18. The zero-order valence-corrected chi connectivity index (χ0v) is 8.73. The Kier molecular flexibility index (Phi) is 4.05. The number of hydrogen-bond acceptors (Lipinski definition) is 4. The van der Waals surface area contributed by atoms with Gasteiger partial charge in [0.15, 0.2) is 0 Å². The first-order chi connectivity index (χ1) is 7.13. The number of carboxylic acids is 1. The van der Waals surface area contributed by atoms with Gasteiger partial charge in [-0.3, -0.25) is 4.98 Å². The van der Waals surface area contributed by atoms with Crippen molar-refractivity contribution in [3.8, 4) is 0 Å². The third kappa shape index (κ3) is 3.55. The number of anilines is 1. The van der Waals surface area contributed by atoms with E-state index in [4.69, 9.17) is 9.84 Å². The molecule has 1 aromatic heterocycles. The van der Waals surface area contributed by atoms with Crippen LogP contribution in [0.4, 0.5) is 5.69 Å². The molecule has 2 N–H and O–H groups in total. The Hall–Kier alpha value is -1.62. The minimum Gasteiger partial charge on any atom is -0.480 e. The molecule has 0 saturated heterocycles. The SMILES string of the molecule is COCC(Nc1ccnc(C)c1)C(=O)O. The lowest BCUT2D eigenvalue weighted by atomic mass is 10.2. The summed E-state index contributed by atoms with van der Waals surface area (Å²) in [6, 6.07) is 2.77. The second-order valence-electron chi connectivity index (χ2n) is 3.18. The van der Waals surface area contributed by atoms with Crippen molar-refractivity contribution in [1.29, 1.82) is 0 Å². The molecule has 15 heavy (non-hydrogen) atoms. The number of carboxylic acid groups (broad SMARTS) is 1. The average molecular weight is 210 g/mol. The summed E-state index contributed by atoms with van der Waals surface area (Å²) in [4.78, 5) is 14.8. The molecule has 1 heterocycles. The van der Waals surface area contributed by atoms with Gasteiger partial charge in [0.25, 0.3) is 0 Å². The van der Waals surface area contributed by atoms with Crippen molar-refractivity contribution in [2.45, 2.75) is 13.0 Å². The van der Waals surface area contributed by atoms with Crippen molar-refractivity contribution in [2.24, 2.45) is 0 Å². The van der Waals surface area contributed by atoms with Crippen molar-refractivity contribution in [2.75, 3.05) is 19.0 Å². The number of aliphatic carboxylic acids is 1. The summed E-state index contributed by atoms with van der Waals surface area (Å²) >= 11 is 0. The Morgan fingerprint density at radius 2 is 2.47 bits per heavy atom. The highest BCUT2D eigenvalue weighted by atomic mass is 16.5. The first kappa shape index (κ1) is 11.5. The van der Waals surface area contributed by atoms with Crippen LogP contribution < -0.4 is 5.32 Å². The van der Waals surface area contributed by atoms with Gasteiger partial charge in [0, 0.05) is 24.7 Å². The van der Waals surface area contributed by atoms with E-state index in [2.05, 4.69) is 10.3 Å². The van der Waals surface area contributed by atoms with Crippen molar-refractivity contribution < 1.29 is 14.6 Å². The molecule has 1 aromatic rings. The van der Waals surface area contributed by atoms with E-state index in [9.17, 15) is 4.79 Å². The van der Waals surface area contributed by atoms with Gasteiger partial charge in [0.1, 0.15) is 6.04 Å². The highest BCUT2D eigenvalue weighted by Crippen LogP contribution is 2.08. The van der Waals surface area contributed by atoms with Crippen LogP contribution in [-0.2, 0) is 9.53 Å². The smallest absolute Gasteiger partial charge is 0.328 e. The van der Waals surface area contributed by atoms with Gasteiger partial charge in [-0.1, -0.05) is 0 Å². The summed E-state index contributed by atoms with van der Waals surface area (Å²) in [6.07, 6.45) is 1.63. The molecule has 0 radical (unpaired) electrons. The molecule has 0 aliphatic carbocycles. The van der Waals surface area contributed by atoms with Crippen LogP contribution in [0.3, 0.4) is 0 Å². The molecule has 5 heteroatoms. The Bertz CT molecular complexity index is 341.